The van der Waals surface area contributed by atoms with Crippen molar-refractivity contribution in [2.45, 2.75) is 32.6 Å². The summed E-state index contributed by atoms with van der Waals surface area (Å²) in [7, 11) is 0. The molecule has 0 unspecified atom stereocenters. The first kappa shape index (κ1) is 19.4. The molecule has 5 rings (SSSR count). The van der Waals surface area contributed by atoms with E-state index in [9.17, 15) is 4.79 Å². The third-order valence-corrected chi connectivity index (χ3v) is 6.13. The van der Waals surface area contributed by atoms with Crippen molar-refractivity contribution in [1.82, 2.24) is 4.57 Å². The van der Waals surface area contributed by atoms with Gasteiger partial charge in [0.1, 0.15) is 0 Å². The molecule has 1 aliphatic carbocycles. The van der Waals surface area contributed by atoms with E-state index in [2.05, 4.69) is 78.2 Å². The Bertz CT molecular complexity index is 1310. The summed E-state index contributed by atoms with van der Waals surface area (Å²) in [5.41, 5.74) is 9.56. The van der Waals surface area contributed by atoms with Crippen LogP contribution in [0.2, 0.25) is 0 Å². The second-order valence-electron chi connectivity index (χ2n) is 8.31. The number of aryl methyl sites for hydroxylation is 3. The molecule has 1 N–H and O–H groups in total. The van der Waals surface area contributed by atoms with E-state index in [1.165, 1.54) is 33.2 Å². The minimum absolute atomic E-state index is 0.138. The molecular weight excluding hydrogens is 382 g/mol. The number of fused-ring (bicyclic) bond motifs is 3. The van der Waals surface area contributed by atoms with Gasteiger partial charge < -0.3 is 9.67 Å². The third kappa shape index (κ3) is 3.68. The number of carboxylic acid groups (broad SMARTS) is 1. The van der Waals surface area contributed by atoms with E-state index in [-0.39, 0.29) is 6.42 Å². The number of rotatable bonds is 5. The first-order chi connectivity index (χ1) is 15.1. The summed E-state index contributed by atoms with van der Waals surface area (Å²) < 4.78 is 2.31. The van der Waals surface area contributed by atoms with Crippen molar-refractivity contribution >= 4 is 22.9 Å². The highest BCUT2D eigenvalue weighted by atomic mass is 16.4. The molecule has 0 spiro atoms. The molecule has 0 saturated carbocycles. The molecule has 0 aliphatic heterocycles. The average molecular weight is 408 g/mol. The zero-order valence-corrected chi connectivity index (χ0v) is 17.6. The van der Waals surface area contributed by atoms with Crippen molar-refractivity contribution in [3.05, 3.63) is 95.1 Å². The summed E-state index contributed by atoms with van der Waals surface area (Å²) in [6.45, 7) is 2.10. The Balaban J connectivity index is 1.73. The summed E-state index contributed by atoms with van der Waals surface area (Å²) in [5.74, 6) is -0.768. The van der Waals surface area contributed by atoms with Crippen LogP contribution in [0, 0.1) is 6.92 Å². The lowest BCUT2D eigenvalue weighted by Gasteiger charge is -2.15. The molecule has 31 heavy (non-hydrogen) atoms. The van der Waals surface area contributed by atoms with Crippen LogP contribution in [0.1, 0.15) is 35.1 Å². The third-order valence-electron chi connectivity index (χ3n) is 6.13. The van der Waals surface area contributed by atoms with Crippen LogP contribution in [0.5, 0.6) is 0 Å². The molecule has 3 nitrogen and oxygen atoms in total. The van der Waals surface area contributed by atoms with E-state index in [1.807, 2.05) is 12.1 Å². The van der Waals surface area contributed by atoms with Gasteiger partial charge in [-0.05, 0) is 72.7 Å². The van der Waals surface area contributed by atoms with E-state index >= 15 is 0 Å². The summed E-state index contributed by atoms with van der Waals surface area (Å²) >= 11 is 0. The number of hydrogen-bond acceptors (Lipinski definition) is 1. The summed E-state index contributed by atoms with van der Waals surface area (Å²) in [6.07, 6.45) is 7.36. The van der Waals surface area contributed by atoms with Crippen LogP contribution in [0.4, 0.5) is 0 Å². The normalized spacial score (nSPS) is 12.8. The first-order valence-corrected chi connectivity index (χ1v) is 10.8. The molecule has 0 atom stereocenters. The van der Waals surface area contributed by atoms with Gasteiger partial charge in [-0.3, -0.25) is 4.79 Å². The van der Waals surface area contributed by atoms with Crippen molar-refractivity contribution < 1.29 is 9.90 Å². The van der Waals surface area contributed by atoms with Crippen LogP contribution < -0.4 is 0 Å². The fourth-order valence-electron chi connectivity index (χ4n) is 4.52. The van der Waals surface area contributed by atoms with E-state index in [1.54, 1.807) is 0 Å². The van der Waals surface area contributed by atoms with Gasteiger partial charge in [-0.25, -0.2) is 0 Å². The predicted molar refractivity (Wildman–Crippen MR) is 127 cm³/mol. The van der Waals surface area contributed by atoms with Gasteiger partial charge in [0, 0.05) is 17.5 Å². The van der Waals surface area contributed by atoms with Crippen molar-refractivity contribution in [3.63, 3.8) is 0 Å². The molecular formula is C28H25NO2. The van der Waals surface area contributed by atoms with Crippen LogP contribution in [0.25, 0.3) is 33.9 Å². The Labute approximate surface area is 182 Å². The second-order valence-corrected chi connectivity index (χ2v) is 8.31. The molecule has 0 radical (unpaired) electrons. The largest absolute Gasteiger partial charge is 0.481 e. The first-order valence-electron chi connectivity index (χ1n) is 10.8. The predicted octanol–water partition coefficient (Wildman–Crippen LogP) is 6.58. The van der Waals surface area contributed by atoms with Crippen molar-refractivity contribution in [2.75, 3.05) is 0 Å². The highest BCUT2D eigenvalue weighted by Gasteiger charge is 2.17. The van der Waals surface area contributed by atoms with E-state index in [0.717, 1.165) is 29.8 Å². The topological polar surface area (TPSA) is 42.2 Å². The Hall–Kier alpha value is -3.59. The van der Waals surface area contributed by atoms with Crippen LogP contribution in [0.15, 0.2) is 72.8 Å². The van der Waals surface area contributed by atoms with Gasteiger partial charge >= 0.3 is 5.97 Å². The molecule has 0 fully saturated rings. The van der Waals surface area contributed by atoms with Crippen LogP contribution >= 0.6 is 0 Å². The Morgan fingerprint density at radius 2 is 1.87 bits per heavy atom. The Kier molecular flexibility index (Phi) is 4.95. The standard InChI is InChI=1S/C28H25NO2/c1-19-9-12-22(13-10-19)27-18-25-24-8-3-2-6-21(24)14-15-26(25)29(27)23-7-4-5-20(17-23)11-16-28(30)31/h3-5,7-10,12-15,17-18H,2,6,11,16H2,1H3,(H,30,31). The number of carboxylic acids is 1. The highest BCUT2D eigenvalue weighted by molar-refractivity contribution is 5.96. The fourth-order valence-corrected chi connectivity index (χ4v) is 4.52. The molecule has 3 aromatic carbocycles. The van der Waals surface area contributed by atoms with Gasteiger partial charge in [-0.15, -0.1) is 0 Å². The highest BCUT2D eigenvalue weighted by Crippen LogP contribution is 2.36. The molecule has 0 saturated heterocycles. The van der Waals surface area contributed by atoms with Crippen molar-refractivity contribution in [1.29, 1.82) is 0 Å². The lowest BCUT2D eigenvalue weighted by molar-refractivity contribution is -0.136. The summed E-state index contributed by atoms with van der Waals surface area (Å²) in [6, 6.07) is 23.7. The lowest BCUT2D eigenvalue weighted by atomic mass is 9.94. The summed E-state index contributed by atoms with van der Waals surface area (Å²) in [4.78, 5) is 11.1. The zero-order chi connectivity index (χ0) is 21.4. The monoisotopic (exact) mass is 407 g/mol. The fraction of sp³-hybridized carbons (Fsp3) is 0.179. The number of nitrogens with zero attached hydrogens (tertiary/aromatic N) is 1. The van der Waals surface area contributed by atoms with Crippen LogP contribution in [-0.4, -0.2) is 15.6 Å². The Morgan fingerprint density at radius 3 is 2.68 bits per heavy atom. The van der Waals surface area contributed by atoms with Gasteiger partial charge in [-0.1, -0.05) is 60.2 Å². The van der Waals surface area contributed by atoms with Gasteiger partial charge in [0.05, 0.1) is 11.2 Å². The average Bonchev–Trinajstić information content (AvgIpc) is 3.18. The molecule has 1 aromatic heterocycles. The molecule has 3 heteroatoms. The number of carbonyl (C=O) groups is 1. The lowest BCUT2D eigenvalue weighted by Crippen LogP contribution is -2.01. The molecule has 4 aromatic rings. The number of allylic oxidation sites excluding steroid dienone is 1. The second kappa shape index (κ2) is 7.92. The smallest absolute Gasteiger partial charge is 0.303 e. The Morgan fingerprint density at radius 1 is 1.03 bits per heavy atom. The van der Waals surface area contributed by atoms with Gasteiger partial charge in [0.2, 0.25) is 0 Å². The van der Waals surface area contributed by atoms with Gasteiger partial charge in [0.15, 0.2) is 0 Å². The number of hydrogen-bond donors (Lipinski definition) is 1. The van der Waals surface area contributed by atoms with Gasteiger partial charge in [0.25, 0.3) is 0 Å². The van der Waals surface area contributed by atoms with E-state index in [4.69, 9.17) is 5.11 Å². The molecule has 0 bridgehead atoms. The quantitative estimate of drug-likeness (QED) is 0.406. The van der Waals surface area contributed by atoms with Gasteiger partial charge in [-0.2, -0.15) is 0 Å². The van der Waals surface area contributed by atoms with E-state index < -0.39 is 5.97 Å². The minimum atomic E-state index is -0.768. The molecule has 0 amide bonds. The summed E-state index contributed by atoms with van der Waals surface area (Å²) in [5, 5.41) is 10.3. The van der Waals surface area contributed by atoms with Crippen molar-refractivity contribution in [2.24, 2.45) is 0 Å². The number of aliphatic carboxylic acids is 1. The molecule has 1 heterocycles. The molecule has 154 valence electrons. The van der Waals surface area contributed by atoms with Crippen LogP contribution in [0.3, 0.4) is 0 Å². The van der Waals surface area contributed by atoms with E-state index in [0.29, 0.717) is 6.42 Å². The number of aromatic nitrogens is 1. The number of benzene rings is 3. The molecule has 1 aliphatic rings. The maximum atomic E-state index is 11.1. The zero-order valence-electron chi connectivity index (χ0n) is 17.6. The van der Waals surface area contributed by atoms with Crippen molar-refractivity contribution in [3.8, 4) is 16.9 Å². The maximum absolute atomic E-state index is 11.1. The van der Waals surface area contributed by atoms with Crippen LogP contribution in [-0.2, 0) is 17.6 Å². The minimum Gasteiger partial charge on any atom is -0.481 e. The SMILES string of the molecule is Cc1ccc(-c2cc3c4c(ccc3n2-c2cccc(CCC(=O)O)c2)CCC=C4)cc1. The maximum Gasteiger partial charge on any atom is 0.303 e.